The van der Waals surface area contributed by atoms with Crippen molar-refractivity contribution >= 4 is 18.0 Å². The highest BCUT2D eigenvalue weighted by Crippen LogP contribution is 2.07. The first-order valence-corrected chi connectivity index (χ1v) is 6.26. The van der Waals surface area contributed by atoms with Crippen LogP contribution < -0.4 is 5.32 Å². The van der Waals surface area contributed by atoms with Crippen molar-refractivity contribution in [2.24, 2.45) is 0 Å². The Hall–Kier alpha value is -2.89. The van der Waals surface area contributed by atoms with Gasteiger partial charge in [0.1, 0.15) is 5.76 Å². The van der Waals surface area contributed by atoms with Gasteiger partial charge in [0, 0.05) is 18.7 Å². The molecule has 1 amide bonds. The molecule has 0 aliphatic heterocycles. The number of hydrogen-bond acceptors (Lipinski definition) is 4. The fourth-order valence-corrected chi connectivity index (χ4v) is 1.66. The molecule has 0 saturated carbocycles. The molecule has 0 saturated heterocycles. The number of benzene rings is 1. The molecule has 6 heteroatoms. The predicted molar refractivity (Wildman–Crippen MR) is 75.5 cm³/mol. The standard InChI is InChI=1S/C15H14N2O4/c1-10-8-13(17-21-10)15(20)16-9-12-4-2-11(3-5-12)6-7-14(18)19/h2-8H,9H2,1H3,(H,16,20)(H,18,19). The Balaban J connectivity index is 1.92. The smallest absolute Gasteiger partial charge is 0.328 e. The van der Waals surface area contributed by atoms with Gasteiger partial charge in [-0.1, -0.05) is 29.4 Å². The molecule has 0 aliphatic carbocycles. The van der Waals surface area contributed by atoms with Crippen LogP contribution in [0.1, 0.15) is 27.4 Å². The van der Waals surface area contributed by atoms with Crippen LogP contribution in [0.4, 0.5) is 0 Å². The van der Waals surface area contributed by atoms with Gasteiger partial charge in [-0.2, -0.15) is 0 Å². The molecule has 2 aromatic rings. The van der Waals surface area contributed by atoms with Gasteiger partial charge in [0.25, 0.3) is 5.91 Å². The number of hydrogen-bond donors (Lipinski definition) is 2. The van der Waals surface area contributed by atoms with Crippen molar-refractivity contribution in [2.75, 3.05) is 0 Å². The Morgan fingerprint density at radius 1 is 1.33 bits per heavy atom. The molecule has 1 heterocycles. The predicted octanol–water partition coefficient (Wildman–Crippen LogP) is 2.01. The van der Waals surface area contributed by atoms with E-state index >= 15 is 0 Å². The van der Waals surface area contributed by atoms with Gasteiger partial charge in [-0.05, 0) is 24.1 Å². The summed E-state index contributed by atoms with van der Waals surface area (Å²) in [5.74, 6) is -0.717. The van der Waals surface area contributed by atoms with Crippen LogP contribution in [0.2, 0.25) is 0 Å². The minimum Gasteiger partial charge on any atom is -0.478 e. The maximum absolute atomic E-state index is 11.8. The zero-order valence-corrected chi connectivity index (χ0v) is 11.4. The number of rotatable bonds is 5. The molecule has 0 atom stereocenters. The summed E-state index contributed by atoms with van der Waals surface area (Å²) in [5.41, 5.74) is 1.92. The first-order chi connectivity index (χ1) is 10.0. The lowest BCUT2D eigenvalue weighted by Crippen LogP contribution is -2.22. The van der Waals surface area contributed by atoms with Crippen molar-refractivity contribution in [1.29, 1.82) is 0 Å². The number of carbonyl (C=O) groups excluding carboxylic acids is 1. The molecule has 0 fully saturated rings. The lowest BCUT2D eigenvalue weighted by Gasteiger charge is -2.03. The summed E-state index contributed by atoms with van der Waals surface area (Å²) in [4.78, 5) is 22.2. The molecule has 1 aromatic carbocycles. The topological polar surface area (TPSA) is 92.4 Å². The molecule has 6 nitrogen and oxygen atoms in total. The fourth-order valence-electron chi connectivity index (χ4n) is 1.66. The molecule has 1 aromatic heterocycles. The van der Waals surface area contributed by atoms with Crippen molar-refractivity contribution < 1.29 is 19.2 Å². The maximum Gasteiger partial charge on any atom is 0.328 e. The van der Waals surface area contributed by atoms with Gasteiger partial charge in [0.05, 0.1) is 0 Å². The van der Waals surface area contributed by atoms with Crippen LogP contribution in [0.5, 0.6) is 0 Å². The number of carboxylic acid groups (broad SMARTS) is 1. The minimum atomic E-state index is -0.991. The van der Waals surface area contributed by atoms with Crippen LogP contribution in [0, 0.1) is 6.92 Å². The van der Waals surface area contributed by atoms with Crippen molar-refractivity contribution in [1.82, 2.24) is 10.5 Å². The summed E-state index contributed by atoms with van der Waals surface area (Å²) in [7, 11) is 0. The number of aromatic nitrogens is 1. The van der Waals surface area contributed by atoms with Crippen LogP contribution in [0.15, 0.2) is 40.9 Å². The van der Waals surface area contributed by atoms with Gasteiger partial charge in [0.15, 0.2) is 5.69 Å². The first kappa shape index (κ1) is 14.5. The average Bonchev–Trinajstić information content (AvgIpc) is 2.90. The minimum absolute atomic E-state index is 0.244. The van der Waals surface area contributed by atoms with Crippen LogP contribution in [0.3, 0.4) is 0 Å². The lowest BCUT2D eigenvalue weighted by molar-refractivity contribution is -0.131. The Kier molecular flexibility index (Phi) is 4.50. The van der Waals surface area contributed by atoms with E-state index in [0.29, 0.717) is 12.3 Å². The van der Waals surface area contributed by atoms with E-state index in [2.05, 4.69) is 10.5 Å². The van der Waals surface area contributed by atoms with E-state index in [1.54, 1.807) is 25.1 Å². The highest BCUT2D eigenvalue weighted by atomic mass is 16.5. The average molecular weight is 286 g/mol. The monoisotopic (exact) mass is 286 g/mol. The summed E-state index contributed by atoms with van der Waals surface area (Å²) in [6.45, 7) is 2.07. The maximum atomic E-state index is 11.8. The van der Waals surface area contributed by atoms with Crippen molar-refractivity contribution in [3.05, 3.63) is 59.0 Å². The number of nitrogens with zero attached hydrogens (tertiary/aromatic N) is 1. The number of nitrogens with one attached hydrogen (secondary N) is 1. The number of aliphatic carboxylic acids is 1. The fraction of sp³-hybridized carbons (Fsp3) is 0.133. The van der Waals surface area contributed by atoms with E-state index in [-0.39, 0.29) is 11.6 Å². The summed E-state index contributed by atoms with van der Waals surface area (Å²) in [6, 6.07) is 8.75. The van der Waals surface area contributed by atoms with Gasteiger partial charge < -0.3 is 14.9 Å². The number of carbonyl (C=O) groups is 2. The second-order valence-electron chi connectivity index (χ2n) is 4.42. The normalized spacial score (nSPS) is 10.7. The number of aryl methyl sites for hydroxylation is 1. The third-order valence-electron chi connectivity index (χ3n) is 2.71. The van der Waals surface area contributed by atoms with Crippen molar-refractivity contribution in [2.45, 2.75) is 13.5 Å². The summed E-state index contributed by atoms with van der Waals surface area (Å²) in [6.07, 6.45) is 2.58. The Morgan fingerprint density at radius 3 is 2.62 bits per heavy atom. The van der Waals surface area contributed by atoms with Gasteiger partial charge in [0.2, 0.25) is 0 Å². The summed E-state index contributed by atoms with van der Waals surface area (Å²) < 4.78 is 4.83. The summed E-state index contributed by atoms with van der Waals surface area (Å²) >= 11 is 0. The number of amides is 1. The second kappa shape index (κ2) is 6.51. The highest BCUT2D eigenvalue weighted by molar-refractivity contribution is 5.92. The van der Waals surface area contributed by atoms with E-state index in [1.165, 1.54) is 6.08 Å². The molecule has 2 N–H and O–H groups in total. The molecule has 0 bridgehead atoms. The zero-order valence-electron chi connectivity index (χ0n) is 11.4. The van der Waals surface area contributed by atoms with E-state index < -0.39 is 5.97 Å². The molecular formula is C15H14N2O4. The molecule has 21 heavy (non-hydrogen) atoms. The molecule has 0 unspecified atom stereocenters. The highest BCUT2D eigenvalue weighted by Gasteiger charge is 2.09. The van der Waals surface area contributed by atoms with Crippen LogP contribution in [0.25, 0.3) is 6.08 Å². The SMILES string of the molecule is Cc1cc(C(=O)NCc2ccc(C=CC(=O)O)cc2)no1. The molecule has 0 radical (unpaired) electrons. The van der Waals surface area contributed by atoms with E-state index in [4.69, 9.17) is 9.63 Å². The zero-order chi connectivity index (χ0) is 15.2. The molecule has 0 aliphatic rings. The molecule has 2 rings (SSSR count). The Morgan fingerprint density at radius 2 is 2.05 bits per heavy atom. The van der Waals surface area contributed by atoms with Gasteiger partial charge in [-0.3, -0.25) is 4.79 Å². The lowest BCUT2D eigenvalue weighted by atomic mass is 10.1. The third-order valence-corrected chi connectivity index (χ3v) is 2.71. The first-order valence-electron chi connectivity index (χ1n) is 6.26. The third kappa shape index (κ3) is 4.31. The Bertz CT molecular complexity index is 671. The van der Waals surface area contributed by atoms with Gasteiger partial charge in [-0.15, -0.1) is 0 Å². The van der Waals surface area contributed by atoms with E-state index in [0.717, 1.165) is 17.2 Å². The van der Waals surface area contributed by atoms with Gasteiger partial charge >= 0.3 is 5.97 Å². The van der Waals surface area contributed by atoms with E-state index in [1.807, 2.05) is 12.1 Å². The molecule has 0 spiro atoms. The van der Waals surface area contributed by atoms with Crippen molar-refractivity contribution in [3.8, 4) is 0 Å². The van der Waals surface area contributed by atoms with Crippen LogP contribution >= 0.6 is 0 Å². The summed E-state index contributed by atoms with van der Waals surface area (Å²) in [5, 5.41) is 14.9. The molecule has 108 valence electrons. The largest absolute Gasteiger partial charge is 0.478 e. The molecular weight excluding hydrogens is 272 g/mol. The Labute approximate surface area is 121 Å². The van der Waals surface area contributed by atoms with Gasteiger partial charge in [-0.25, -0.2) is 4.79 Å². The van der Waals surface area contributed by atoms with Crippen LogP contribution in [-0.2, 0) is 11.3 Å². The quantitative estimate of drug-likeness (QED) is 0.820. The second-order valence-corrected chi connectivity index (χ2v) is 4.42. The van der Waals surface area contributed by atoms with Crippen molar-refractivity contribution in [3.63, 3.8) is 0 Å². The number of carboxylic acids is 1. The van der Waals surface area contributed by atoms with E-state index in [9.17, 15) is 9.59 Å². The van der Waals surface area contributed by atoms with Crippen LogP contribution in [-0.4, -0.2) is 22.1 Å².